The van der Waals surface area contributed by atoms with Gasteiger partial charge in [0.25, 0.3) is 5.91 Å². The fraction of sp³-hybridized carbons (Fsp3) is 0.586. The number of benzene rings is 1. The molecule has 0 radical (unpaired) electrons. The van der Waals surface area contributed by atoms with Gasteiger partial charge in [-0.25, -0.2) is 4.98 Å². The van der Waals surface area contributed by atoms with Crippen LogP contribution in [-0.4, -0.2) is 96.9 Å². The smallest absolute Gasteiger partial charge is 0.251 e. The van der Waals surface area contributed by atoms with E-state index < -0.39 is 12.1 Å². The Balaban J connectivity index is 1.28. The molecule has 4 atom stereocenters. The number of ether oxygens (including phenoxy) is 1. The minimum absolute atomic E-state index is 0.0436. The number of fused-ring (bicyclic) bond motifs is 1. The van der Waals surface area contributed by atoms with E-state index in [2.05, 4.69) is 27.5 Å². The molecule has 5 rings (SSSR count). The van der Waals surface area contributed by atoms with Crippen molar-refractivity contribution in [2.75, 3.05) is 51.3 Å². The molecule has 2 amide bonds. The van der Waals surface area contributed by atoms with Crippen LogP contribution in [-0.2, 0) is 14.3 Å². The first kappa shape index (κ1) is 27.7. The Kier molecular flexibility index (Phi) is 7.81. The Morgan fingerprint density at radius 3 is 2.51 bits per heavy atom. The summed E-state index contributed by atoms with van der Waals surface area (Å²) in [4.78, 5) is 50.6. The standard InChI is InChI=1S/C29H39N5O4S/c1-18-15-34(24-23(35)16-38-25(18)24)27(37)21(14-29(2,3)4)30-26(36)20-8-6-19(7-9-20)22-17-39-28(31-22)33-12-10-32(5)11-13-33/h6-9,17-18,21,24-25H,10-16H2,1-5H3,(H,30,36)/t18-,21?,24+,25+/m0/s1. The van der Waals surface area contributed by atoms with Crippen molar-refractivity contribution in [3.63, 3.8) is 0 Å². The van der Waals surface area contributed by atoms with Gasteiger partial charge in [-0.2, -0.15) is 0 Å². The van der Waals surface area contributed by atoms with E-state index in [9.17, 15) is 14.4 Å². The number of carbonyl (C=O) groups is 3. The Labute approximate surface area is 234 Å². The molecule has 39 heavy (non-hydrogen) atoms. The third-order valence-electron chi connectivity index (χ3n) is 7.85. The van der Waals surface area contributed by atoms with Crippen molar-refractivity contribution < 1.29 is 19.1 Å². The van der Waals surface area contributed by atoms with Crippen LogP contribution in [0.15, 0.2) is 29.6 Å². The highest BCUT2D eigenvalue weighted by Gasteiger charge is 2.51. The van der Waals surface area contributed by atoms with Gasteiger partial charge < -0.3 is 24.8 Å². The van der Waals surface area contributed by atoms with E-state index in [4.69, 9.17) is 9.72 Å². The molecule has 9 nitrogen and oxygen atoms in total. The highest BCUT2D eigenvalue weighted by atomic mass is 32.1. The maximum Gasteiger partial charge on any atom is 0.251 e. The number of nitrogens with zero attached hydrogens (tertiary/aromatic N) is 4. The van der Waals surface area contributed by atoms with Crippen molar-refractivity contribution in [3.8, 4) is 11.3 Å². The van der Waals surface area contributed by atoms with E-state index in [-0.39, 0.29) is 41.6 Å². The fourth-order valence-corrected chi connectivity index (χ4v) is 6.59. The SMILES string of the molecule is C[C@H]1CN(C(=O)C(CC(C)(C)C)NC(=O)c2ccc(-c3csc(N4CCN(C)CC4)n3)cc2)[C@@H]2C(=O)CO[C@@H]21. The average molecular weight is 554 g/mol. The van der Waals surface area contributed by atoms with Crippen LogP contribution in [0.5, 0.6) is 0 Å². The van der Waals surface area contributed by atoms with Gasteiger partial charge in [0.2, 0.25) is 5.91 Å². The van der Waals surface area contributed by atoms with Crippen LogP contribution >= 0.6 is 11.3 Å². The van der Waals surface area contributed by atoms with Crippen LogP contribution in [0.2, 0.25) is 0 Å². The first-order valence-electron chi connectivity index (χ1n) is 13.8. The summed E-state index contributed by atoms with van der Waals surface area (Å²) in [5, 5.41) is 6.06. The number of hydrogen-bond donors (Lipinski definition) is 1. The second kappa shape index (κ2) is 11.0. The number of ketones is 1. The minimum atomic E-state index is -0.735. The Morgan fingerprint density at radius 1 is 1.15 bits per heavy atom. The molecule has 0 aliphatic carbocycles. The van der Waals surface area contributed by atoms with Crippen LogP contribution in [0.3, 0.4) is 0 Å². The van der Waals surface area contributed by atoms with E-state index in [0.29, 0.717) is 18.5 Å². The van der Waals surface area contributed by atoms with Gasteiger partial charge in [-0.3, -0.25) is 14.4 Å². The molecule has 1 aromatic carbocycles. The molecule has 3 saturated heterocycles. The molecule has 1 N–H and O–H groups in total. The molecule has 3 aliphatic heterocycles. The van der Waals surface area contributed by atoms with Gasteiger partial charge in [-0.05, 0) is 31.0 Å². The van der Waals surface area contributed by atoms with Crippen LogP contribution in [0, 0.1) is 11.3 Å². The summed E-state index contributed by atoms with van der Waals surface area (Å²) in [5.41, 5.74) is 2.11. The monoisotopic (exact) mass is 553 g/mol. The molecule has 3 aliphatic rings. The average Bonchev–Trinajstić information content (AvgIpc) is 3.61. The number of carbonyl (C=O) groups excluding carboxylic acids is 3. The number of likely N-dealkylation sites (tertiary alicyclic amines) is 1. The molecular formula is C29H39N5O4S. The Morgan fingerprint density at radius 2 is 1.85 bits per heavy atom. The Bertz CT molecular complexity index is 1220. The molecule has 10 heteroatoms. The second-order valence-electron chi connectivity index (χ2n) is 12.3. The van der Waals surface area contributed by atoms with Gasteiger partial charge >= 0.3 is 0 Å². The summed E-state index contributed by atoms with van der Waals surface area (Å²) in [6.07, 6.45) is 0.198. The molecule has 4 heterocycles. The zero-order chi connectivity index (χ0) is 27.9. The van der Waals surface area contributed by atoms with Gasteiger partial charge in [0.15, 0.2) is 10.9 Å². The maximum absolute atomic E-state index is 13.7. The fourth-order valence-electron chi connectivity index (χ4n) is 5.71. The number of hydrogen-bond acceptors (Lipinski definition) is 8. The molecule has 3 fully saturated rings. The highest BCUT2D eigenvalue weighted by Crippen LogP contribution is 2.33. The Hall–Kier alpha value is -2.82. The molecule has 1 unspecified atom stereocenters. The van der Waals surface area contributed by atoms with Gasteiger partial charge in [0.05, 0.1) is 11.8 Å². The van der Waals surface area contributed by atoms with Crippen molar-refractivity contribution in [2.45, 2.75) is 52.3 Å². The molecule has 0 saturated carbocycles. The molecule has 1 aromatic heterocycles. The topological polar surface area (TPSA) is 95.1 Å². The van der Waals surface area contributed by atoms with E-state index >= 15 is 0 Å². The van der Waals surface area contributed by atoms with E-state index in [0.717, 1.165) is 42.6 Å². The maximum atomic E-state index is 13.7. The summed E-state index contributed by atoms with van der Waals surface area (Å²) >= 11 is 1.64. The third kappa shape index (κ3) is 6.02. The number of rotatable bonds is 6. The number of likely N-dealkylation sites (N-methyl/N-ethyl adjacent to an activating group) is 1. The zero-order valence-corrected chi connectivity index (χ0v) is 24.3. The van der Waals surface area contributed by atoms with Gasteiger partial charge in [-0.1, -0.05) is 39.8 Å². The number of aromatic nitrogens is 1. The number of amides is 2. The summed E-state index contributed by atoms with van der Waals surface area (Å²) in [7, 11) is 2.14. The highest BCUT2D eigenvalue weighted by molar-refractivity contribution is 7.14. The summed E-state index contributed by atoms with van der Waals surface area (Å²) in [6, 6.07) is 6.07. The lowest BCUT2D eigenvalue weighted by Gasteiger charge is -2.32. The number of anilines is 1. The van der Waals surface area contributed by atoms with E-state index in [1.165, 1.54) is 0 Å². The lowest BCUT2D eigenvalue weighted by Crippen LogP contribution is -2.53. The molecular weight excluding hydrogens is 514 g/mol. The first-order chi connectivity index (χ1) is 18.5. The lowest BCUT2D eigenvalue weighted by molar-refractivity contribution is -0.138. The van der Waals surface area contributed by atoms with E-state index in [1.807, 2.05) is 39.8 Å². The van der Waals surface area contributed by atoms with E-state index in [1.54, 1.807) is 28.4 Å². The van der Waals surface area contributed by atoms with Gasteiger partial charge in [-0.15, -0.1) is 11.3 Å². The van der Waals surface area contributed by atoms with Crippen molar-refractivity contribution in [1.29, 1.82) is 0 Å². The first-order valence-corrected chi connectivity index (χ1v) is 14.6. The molecule has 2 aromatic rings. The summed E-state index contributed by atoms with van der Waals surface area (Å²) in [6.45, 7) is 12.6. The van der Waals surface area contributed by atoms with Crippen molar-refractivity contribution in [2.24, 2.45) is 11.3 Å². The summed E-state index contributed by atoms with van der Waals surface area (Å²) in [5.74, 6) is -0.510. The largest absolute Gasteiger partial charge is 0.367 e. The predicted molar refractivity (Wildman–Crippen MR) is 152 cm³/mol. The van der Waals surface area contributed by atoms with Crippen LogP contribution in [0.4, 0.5) is 5.13 Å². The van der Waals surface area contributed by atoms with Crippen molar-refractivity contribution in [3.05, 3.63) is 35.2 Å². The molecule has 0 spiro atoms. The number of thiazole rings is 1. The normalized spacial score (nSPS) is 24.6. The second-order valence-corrected chi connectivity index (χ2v) is 13.2. The van der Waals surface area contributed by atoms with Crippen LogP contribution in [0.1, 0.15) is 44.5 Å². The molecule has 210 valence electrons. The summed E-state index contributed by atoms with van der Waals surface area (Å²) < 4.78 is 5.66. The minimum Gasteiger partial charge on any atom is -0.367 e. The number of piperazine rings is 1. The van der Waals surface area contributed by atoms with Gasteiger partial charge in [0, 0.05) is 55.1 Å². The van der Waals surface area contributed by atoms with Gasteiger partial charge in [0.1, 0.15) is 18.7 Å². The number of nitrogens with one attached hydrogen (secondary N) is 1. The number of Topliss-reactive ketones (excluding diaryl/α,β-unsaturated/α-hetero) is 1. The van der Waals surface area contributed by atoms with Crippen LogP contribution in [0.25, 0.3) is 11.3 Å². The predicted octanol–water partition coefficient (Wildman–Crippen LogP) is 2.91. The quantitative estimate of drug-likeness (QED) is 0.588. The lowest BCUT2D eigenvalue weighted by atomic mass is 9.87. The third-order valence-corrected chi connectivity index (χ3v) is 8.75. The van der Waals surface area contributed by atoms with Crippen molar-refractivity contribution in [1.82, 2.24) is 20.1 Å². The molecule has 0 bridgehead atoms. The van der Waals surface area contributed by atoms with Crippen molar-refractivity contribution >= 4 is 34.1 Å². The van der Waals surface area contributed by atoms with Crippen LogP contribution < -0.4 is 10.2 Å². The zero-order valence-electron chi connectivity index (χ0n) is 23.5.